The van der Waals surface area contributed by atoms with E-state index in [1.165, 1.54) is 0 Å². The average molecular weight is 257 g/mol. The van der Waals surface area contributed by atoms with Crippen molar-refractivity contribution in [1.82, 2.24) is 15.3 Å². The topological polar surface area (TPSA) is 47.0 Å². The van der Waals surface area contributed by atoms with Crippen molar-refractivity contribution in [2.24, 2.45) is 0 Å². The van der Waals surface area contributed by atoms with Gasteiger partial charge in [-0.25, -0.2) is 9.97 Å². The first-order chi connectivity index (χ1) is 9.17. The number of nitrogens with zero attached hydrogens (tertiary/aromatic N) is 2. The van der Waals surface area contributed by atoms with Gasteiger partial charge in [0, 0.05) is 23.5 Å². The molecular formula is C15H19N3O. The second kappa shape index (κ2) is 5.80. The van der Waals surface area contributed by atoms with Crippen LogP contribution in [-0.4, -0.2) is 24.1 Å². The lowest BCUT2D eigenvalue weighted by molar-refractivity contribution is 0.416. The molecule has 0 aliphatic heterocycles. The zero-order valence-electron chi connectivity index (χ0n) is 11.8. The van der Waals surface area contributed by atoms with Crippen LogP contribution < -0.4 is 10.1 Å². The summed E-state index contributed by atoms with van der Waals surface area (Å²) in [6, 6.07) is 8.02. The monoisotopic (exact) mass is 257 g/mol. The quantitative estimate of drug-likeness (QED) is 0.915. The molecule has 1 aromatic carbocycles. The van der Waals surface area contributed by atoms with Crippen LogP contribution in [0, 0.1) is 6.92 Å². The van der Waals surface area contributed by atoms with Crippen molar-refractivity contribution in [3.63, 3.8) is 0 Å². The Balaban J connectivity index is 2.44. The number of methoxy groups -OCH3 is 1. The van der Waals surface area contributed by atoms with E-state index in [0.717, 1.165) is 22.6 Å². The van der Waals surface area contributed by atoms with Crippen LogP contribution >= 0.6 is 0 Å². The Morgan fingerprint density at radius 3 is 2.63 bits per heavy atom. The van der Waals surface area contributed by atoms with Gasteiger partial charge in [-0.3, -0.25) is 0 Å². The molecule has 2 rings (SSSR count). The normalized spacial score (nSPS) is 12.2. The molecule has 0 aliphatic carbocycles. The van der Waals surface area contributed by atoms with Gasteiger partial charge in [0.15, 0.2) is 5.82 Å². The predicted octanol–water partition coefficient (Wildman–Crippen LogP) is 2.74. The molecule has 2 aromatic rings. The molecule has 1 heterocycles. The summed E-state index contributed by atoms with van der Waals surface area (Å²) in [5.41, 5.74) is 3.01. The van der Waals surface area contributed by atoms with Crippen LogP contribution in [0.15, 0.2) is 30.5 Å². The van der Waals surface area contributed by atoms with Gasteiger partial charge in [0.2, 0.25) is 0 Å². The molecule has 1 N–H and O–H groups in total. The van der Waals surface area contributed by atoms with E-state index < -0.39 is 0 Å². The summed E-state index contributed by atoms with van der Waals surface area (Å²) in [5.74, 6) is 1.48. The number of nitrogens with one attached hydrogen (secondary N) is 1. The van der Waals surface area contributed by atoms with E-state index in [4.69, 9.17) is 4.74 Å². The number of ether oxygens (including phenoxy) is 1. The van der Waals surface area contributed by atoms with Crippen molar-refractivity contribution in [2.45, 2.75) is 19.9 Å². The highest BCUT2D eigenvalue weighted by Crippen LogP contribution is 2.27. The maximum Gasteiger partial charge on any atom is 0.163 e. The fourth-order valence-electron chi connectivity index (χ4n) is 2.02. The minimum atomic E-state index is 0.242. The van der Waals surface area contributed by atoms with Crippen molar-refractivity contribution in [3.05, 3.63) is 41.7 Å². The number of rotatable bonds is 4. The van der Waals surface area contributed by atoms with E-state index in [2.05, 4.69) is 22.2 Å². The first kappa shape index (κ1) is 13.5. The van der Waals surface area contributed by atoms with E-state index >= 15 is 0 Å². The summed E-state index contributed by atoms with van der Waals surface area (Å²) in [5, 5.41) is 3.20. The van der Waals surface area contributed by atoms with E-state index in [1.54, 1.807) is 7.11 Å². The van der Waals surface area contributed by atoms with Crippen LogP contribution in [0.2, 0.25) is 0 Å². The molecule has 0 saturated carbocycles. The Labute approximate surface area is 113 Å². The summed E-state index contributed by atoms with van der Waals surface area (Å²) in [6.45, 7) is 4.10. The summed E-state index contributed by atoms with van der Waals surface area (Å²) < 4.78 is 5.35. The van der Waals surface area contributed by atoms with Crippen molar-refractivity contribution in [3.8, 4) is 17.1 Å². The van der Waals surface area contributed by atoms with Gasteiger partial charge < -0.3 is 10.1 Å². The van der Waals surface area contributed by atoms with E-state index in [0.29, 0.717) is 5.82 Å². The van der Waals surface area contributed by atoms with Crippen molar-refractivity contribution in [2.75, 3.05) is 14.2 Å². The molecule has 0 aliphatic rings. The number of hydrogen-bond donors (Lipinski definition) is 1. The molecule has 0 radical (unpaired) electrons. The smallest absolute Gasteiger partial charge is 0.163 e. The molecule has 1 unspecified atom stereocenters. The third-order valence-electron chi connectivity index (χ3n) is 3.26. The maximum absolute atomic E-state index is 5.35. The highest BCUT2D eigenvalue weighted by Gasteiger charge is 2.12. The lowest BCUT2D eigenvalue weighted by Crippen LogP contribution is -2.15. The molecule has 0 fully saturated rings. The Morgan fingerprint density at radius 1 is 1.26 bits per heavy atom. The summed E-state index contributed by atoms with van der Waals surface area (Å²) in [6.07, 6.45) is 1.88. The van der Waals surface area contributed by atoms with Gasteiger partial charge >= 0.3 is 0 Å². The number of aromatic nitrogens is 2. The van der Waals surface area contributed by atoms with Gasteiger partial charge in [0.05, 0.1) is 12.7 Å². The van der Waals surface area contributed by atoms with E-state index in [-0.39, 0.29) is 6.04 Å². The minimum absolute atomic E-state index is 0.242. The van der Waals surface area contributed by atoms with Crippen LogP contribution in [-0.2, 0) is 0 Å². The zero-order chi connectivity index (χ0) is 13.8. The first-order valence-corrected chi connectivity index (χ1v) is 6.31. The Morgan fingerprint density at radius 2 is 2.00 bits per heavy atom. The molecule has 100 valence electrons. The van der Waals surface area contributed by atoms with Gasteiger partial charge in [0.25, 0.3) is 0 Å². The second-order valence-electron chi connectivity index (χ2n) is 4.45. The van der Waals surface area contributed by atoms with E-state index in [9.17, 15) is 0 Å². The van der Waals surface area contributed by atoms with Gasteiger partial charge in [-0.1, -0.05) is 12.1 Å². The Bertz CT molecular complexity index is 569. The van der Waals surface area contributed by atoms with Crippen LogP contribution in [0.3, 0.4) is 0 Å². The molecule has 4 nitrogen and oxygen atoms in total. The molecule has 1 atom stereocenters. The molecule has 0 amide bonds. The van der Waals surface area contributed by atoms with Gasteiger partial charge in [0.1, 0.15) is 5.75 Å². The van der Waals surface area contributed by atoms with Gasteiger partial charge in [-0.15, -0.1) is 0 Å². The highest BCUT2D eigenvalue weighted by molar-refractivity contribution is 5.64. The van der Waals surface area contributed by atoms with Crippen LogP contribution in [0.5, 0.6) is 5.75 Å². The minimum Gasteiger partial charge on any atom is -0.496 e. The number of benzene rings is 1. The zero-order valence-corrected chi connectivity index (χ0v) is 11.8. The summed E-state index contributed by atoms with van der Waals surface area (Å²) in [7, 11) is 3.58. The Kier molecular flexibility index (Phi) is 4.12. The van der Waals surface area contributed by atoms with Crippen molar-refractivity contribution < 1.29 is 4.74 Å². The summed E-state index contributed by atoms with van der Waals surface area (Å²) >= 11 is 0. The second-order valence-corrected chi connectivity index (χ2v) is 4.45. The largest absolute Gasteiger partial charge is 0.496 e. The lowest BCUT2D eigenvalue weighted by atomic mass is 10.1. The predicted molar refractivity (Wildman–Crippen MR) is 76.2 cm³/mol. The summed E-state index contributed by atoms with van der Waals surface area (Å²) in [4.78, 5) is 9.05. The van der Waals surface area contributed by atoms with Crippen LogP contribution in [0.25, 0.3) is 11.4 Å². The SMILES string of the molecule is CNC(C)c1cnc(-c2ccccc2OC)nc1C. The first-order valence-electron chi connectivity index (χ1n) is 6.31. The fourth-order valence-corrected chi connectivity index (χ4v) is 2.02. The number of para-hydroxylation sites is 1. The van der Waals surface area contributed by atoms with Crippen LogP contribution in [0.4, 0.5) is 0 Å². The van der Waals surface area contributed by atoms with E-state index in [1.807, 2.05) is 44.4 Å². The molecular weight excluding hydrogens is 238 g/mol. The average Bonchev–Trinajstić information content (AvgIpc) is 2.46. The Hall–Kier alpha value is -1.94. The maximum atomic E-state index is 5.35. The third-order valence-corrected chi connectivity index (χ3v) is 3.26. The standard InChI is InChI=1S/C15H19N3O/c1-10(16-3)13-9-17-15(18-11(13)2)12-7-5-6-8-14(12)19-4/h5-10,16H,1-4H3. The third kappa shape index (κ3) is 2.74. The molecule has 1 aromatic heterocycles. The number of hydrogen-bond acceptors (Lipinski definition) is 4. The molecule has 4 heteroatoms. The molecule has 0 bridgehead atoms. The van der Waals surface area contributed by atoms with Gasteiger partial charge in [-0.2, -0.15) is 0 Å². The molecule has 0 saturated heterocycles. The van der Waals surface area contributed by atoms with Crippen LogP contribution in [0.1, 0.15) is 24.2 Å². The molecule has 19 heavy (non-hydrogen) atoms. The van der Waals surface area contributed by atoms with Crippen molar-refractivity contribution >= 4 is 0 Å². The number of aryl methyl sites for hydroxylation is 1. The fraction of sp³-hybridized carbons (Fsp3) is 0.333. The van der Waals surface area contributed by atoms with Crippen molar-refractivity contribution in [1.29, 1.82) is 0 Å². The lowest BCUT2D eigenvalue weighted by Gasteiger charge is -2.14. The highest BCUT2D eigenvalue weighted by atomic mass is 16.5. The molecule has 0 spiro atoms. The van der Waals surface area contributed by atoms with Gasteiger partial charge in [-0.05, 0) is 33.0 Å².